The van der Waals surface area contributed by atoms with Gasteiger partial charge in [-0.15, -0.1) is 0 Å². The number of aromatic amines is 1. The molecule has 3 aromatic carbocycles. The Balaban J connectivity index is 1.80. The molecule has 0 radical (unpaired) electrons. The zero-order valence-corrected chi connectivity index (χ0v) is 16.6. The number of H-pyrrole nitrogens is 1. The summed E-state index contributed by atoms with van der Waals surface area (Å²) < 4.78 is 26.7. The number of halogens is 1. The van der Waals surface area contributed by atoms with Gasteiger partial charge in [0.25, 0.3) is 0 Å². The summed E-state index contributed by atoms with van der Waals surface area (Å²) in [7, 11) is -3.92. The molecule has 6 nitrogen and oxygen atoms in total. The Morgan fingerprint density at radius 2 is 1.52 bits per heavy atom. The highest BCUT2D eigenvalue weighted by Gasteiger charge is 2.27. The molecular formula is C21H16ClN3O3S. The molecule has 4 aromatic rings. The highest BCUT2D eigenvalue weighted by Crippen LogP contribution is 2.36. The molecule has 1 aromatic heterocycles. The third-order valence-corrected chi connectivity index (χ3v) is 6.39. The van der Waals surface area contributed by atoms with Crippen molar-refractivity contribution in [1.82, 2.24) is 4.98 Å². The van der Waals surface area contributed by atoms with Crippen LogP contribution in [0.25, 0.3) is 10.9 Å². The molecule has 0 aliphatic rings. The number of amides is 2. The van der Waals surface area contributed by atoms with E-state index in [0.717, 1.165) is 0 Å². The number of fused-ring (bicyclic) bond motifs is 1. The van der Waals surface area contributed by atoms with Crippen LogP contribution in [0.5, 0.6) is 0 Å². The lowest BCUT2D eigenvalue weighted by Gasteiger charge is -2.10. The first-order chi connectivity index (χ1) is 13.9. The van der Waals surface area contributed by atoms with E-state index in [0.29, 0.717) is 21.6 Å². The van der Waals surface area contributed by atoms with Crippen LogP contribution in [-0.4, -0.2) is 19.4 Å². The maximum atomic E-state index is 13.3. The fourth-order valence-corrected chi connectivity index (χ4v) is 4.77. The molecule has 0 saturated carbocycles. The van der Waals surface area contributed by atoms with Crippen molar-refractivity contribution in [3.05, 3.63) is 83.9 Å². The van der Waals surface area contributed by atoms with Crippen molar-refractivity contribution >= 4 is 49.9 Å². The summed E-state index contributed by atoms with van der Waals surface area (Å²) in [5.41, 5.74) is 1.12. The molecule has 0 atom stereocenters. The number of aromatic nitrogens is 1. The number of sulfone groups is 1. The first-order valence-corrected chi connectivity index (χ1v) is 10.6. The lowest BCUT2D eigenvalue weighted by Crippen LogP contribution is -2.21. The van der Waals surface area contributed by atoms with E-state index < -0.39 is 15.9 Å². The van der Waals surface area contributed by atoms with Crippen molar-refractivity contribution in [2.24, 2.45) is 0 Å². The molecule has 3 N–H and O–H groups in total. The van der Waals surface area contributed by atoms with E-state index in [9.17, 15) is 13.2 Å². The van der Waals surface area contributed by atoms with Crippen LogP contribution < -0.4 is 10.6 Å². The lowest BCUT2D eigenvalue weighted by atomic mass is 10.2. The number of benzene rings is 3. The van der Waals surface area contributed by atoms with Gasteiger partial charge in [0.2, 0.25) is 9.84 Å². The zero-order valence-electron chi connectivity index (χ0n) is 15.0. The van der Waals surface area contributed by atoms with Crippen molar-refractivity contribution in [1.29, 1.82) is 0 Å². The quantitative estimate of drug-likeness (QED) is 0.414. The summed E-state index contributed by atoms with van der Waals surface area (Å²) in [6, 6.07) is 21.2. The number of hydrogen-bond donors (Lipinski definition) is 3. The molecule has 0 aliphatic heterocycles. The Labute approximate surface area is 172 Å². The minimum atomic E-state index is -3.92. The molecule has 4 rings (SSSR count). The van der Waals surface area contributed by atoms with Crippen LogP contribution in [-0.2, 0) is 9.84 Å². The Morgan fingerprint density at radius 1 is 0.862 bits per heavy atom. The fraction of sp³-hybridized carbons (Fsp3) is 0. The van der Waals surface area contributed by atoms with E-state index in [2.05, 4.69) is 15.6 Å². The van der Waals surface area contributed by atoms with E-state index in [4.69, 9.17) is 11.6 Å². The topological polar surface area (TPSA) is 91.1 Å². The van der Waals surface area contributed by atoms with Crippen molar-refractivity contribution < 1.29 is 13.2 Å². The van der Waals surface area contributed by atoms with Crippen molar-refractivity contribution in [3.8, 4) is 0 Å². The number of hydrogen-bond acceptors (Lipinski definition) is 3. The number of carbonyl (C=O) groups is 1. The average molecular weight is 426 g/mol. The Morgan fingerprint density at radius 3 is 2.21 bits per heavy atom. The van der Waals surface area contributed by atoms with Crippen LogP contribution in [0.3, 0.4) is 0 Å². The second kappa shape index (κ2) is 7.62. The first-order valence-electron chi connectivity index (χ1n) is 8.69. The van der Waals surface area contributed by atoms with Gasteiger partial charge in [0.05, 0.1) is 4.90 Å². The molecular weight excluding hydrogens is 410 g/mol. The fourth-order valence-electron chi connectivity index (χ4n) is 3.02. The SMILES string of the molecule is O=C(Nc1ccccc1)Nc1[nH]c2ccc(Cl)cc2c1S(=O)(=O)c1ccccc1. The second-order valence-electron chi connectivity index (χ2n) is 6.28. The summed E-state index contributed by atoms with van der Waals surface area (Å²) in [5, 5.41) is 6.08. The predicted molar refractivity (Wildman–Crippen MR) is 114 cm³/mol. The minimum absolute atomic E-state index is 0.0376. The third kappa shape index (κ3) is 3.83. The Kier molecular flexibility index (Phi) is 5.00. The molecule has 0 saturated heterocycles. The smallest absolute Gasteiger partial charge is 0.324 e. The van der Waals surface area contributed by atoms with Gasteiger partial charge in [0, 0.05) is 21.6 Å². The normalized spacial score (nSPS) is 11.3. The van der Waals surface area contributed by atoms with E-state index in [1.54, 1.807) is 60.7 Å². The summed E-state index contributed by atoms with van der Waals surface area (Å²) in [6.45, 7) is 0. The average Bonchev–Trinajstić information content (AvgIpc) is 3.06. The second-order valence-corrected chi connectivity index (χ2v) is 8.60. The number of urea groups is 1. The molecule has 0 unspecified atom stereocenters. The highest BCUT2D eigenvalue weighted by atomic mass is 35.5. The van der Waals surface area contributed by atoms with Crippen LogP contribution in [0.1, 0.15) is 0 Å². The zero-order chi connectivity index (χ0) is 20.4. The first kappa shape index (κ1) is 19.0. The minimum Gasteiger partial charge on any atom is -0.340 e. The molecule has 0 bridgehead atoms. The van der Waals surface area contributed by atoms with Crippen LogP contribution in [0.4, 0.5) is 16.3 Å². The van der Waals surface area contributed by atoms with Crippen LogP contribution >= 0.6 is 11.6 Å². The molecule has 146 valence electrons. The van der Waals surface area contributed by atoms with E-state index in [1.165, 1.54) is 12.1 Å². The lowest BCUT2D eigenvalue weighted by molar-refractivity contribution is 0.262. The maximum Gasteiger partial charge on any atom is 0.324 e. The van der Waals surface area contributed by atoms with Gasteiger partial charge in [-0.1, -0.05) is 48.0 Å². The molecule has 29 heavy (non-hydrogen) atoms. The van der Waals surface area contributed by atoms with Crippen LogP contribution in [0, 0.1) is 0 Å². The maximum absolute atomic E-state index is 13.3. The van der Waals surface area contributed by atoms with E-state index in [1.807, 2.05) is 6.07 Å². The standard InChI is InChI=1S/C21H16ClN3O3S/c22-14-11-12-18-17(13-14)19(29(27,28)16-9-5-2-6-10-16)20(24-18)25-21(26)23-15-7-3-1-4-8-15/h1-13,24H,(H2,23,25,26). The summed E-state index contributed by atoms with van der Waals surface area (Å²) in [5.74, 6) is 0.0690. The Hall–Kier alpha value is -3.29. The predicted octanol–water partition coefficient (Wildman–Crippen LogP) is 5.30. The van der Waals surface area contributed by atoms with Gasteiger partial charge in [-0.25, -0.2) is 13.2 Å². The number of nitrogens with one attached hydrogen (secondary N) is 3. The van der Waals surface area contributed by atoms with Gasteiger partial charge in [-0.05, 0) is 42.5 Å². The molecule has 8 heteroatoms. The van der Waals surface area contributed by atoms with Crippen molar-refractivity contribution in [3.63, 3.8) is 0 Å². The monoisotopic (exact) mass is 425 g/mol. The number of para-hydroxylation sites is 1. The van der Waals surface area contributed by atoms with Gasteiger partial charge >= 0.3 is 6.03 Å². The molecule has 2 amide bonds. The number of carbonyl (C=O) groups excluding carboxylic acids is 1. The number of anilines is 2. The third-order valence-electron chi connectivity index (χ3n) is 4.31. The number of rotatable bonds is 4. The van der Waals surface area contributed by atoms with Crippen LogP contribution in [0.2, 0.25) is 5.02 Å². The molecule has 1 heterocycles. The Bertz CT molecular complexity index is 1290. The summed E-state index contributed by atoms with van der Waals surface area (Å²) in [6.07, 6.45) is 0. The highest BCUT2D eigenvalue weighted by molar-refractivity contribution is 7.92. The van der Waals surface area contributed by atoms with E-state index in [-0.39, 0.29) is 15.6 Å². The van der Waals surface area contributed by atoms with Gasteiger partial charge in [0.1, 0.15) is 10.7 Å². The largest absolute Gasteiger partial charge is 0.340 e. The summed E-state index contributed by atoms with van der Waals surface area (Å²) >= 11 is 6.10. The van der Waals surface area contributed by atoms with Gasteiger partial charge in [-0.2, -0.15) is 0 Å². The summed E-state index contributed by atoms with van der Waals surface area (Å²) in [4.78, 5) is 15.5. The van der Waals surface area contributed by atoms with Gasteiger partial charge < -0.3 is 10.3 Å². The molecule has 0 spiro atoms. The molecule has 0 fully saturated rings. The molecule has 0 aliphatic carbocycles. The van der Waals surface area contributed by atoms with Crippen molar-refractivity contribution in [2.75, 3.05) is 10.6 Å². The van der Waals surface area contributed by atoms with Crippen molar-refractivity contribution in [2.45, 2.75) is 9.79 Å². The van der Waals surface area contributed by atoms with Gasteiger partial charge in [-0.3, -0.25) is 5.32 Å². The van der Waals surface area contributed by atoms with Gasteiger partial charge in [0.15, 0.2) is 0 Å². The van der Waals surface area contributed by atoms with Crippen LogP contribution in [0.15, 0.2) is 88.7 Å². The van der Waals surface area contributed by atoms with E-state index >= 15 is 0 Å².